The van der Waals surface area contributed by atoms with Gasteiger partial charge in [-0.2, -0.15) is 10.2 Å². The predicted molar refractivity (Wildman–Crippen MR) is 91.2 cm³/mol. The number of hydrogen-bond donors (Lipinski definition) is 1. The van der Waals surface area contributed by atoms with Gasteiger partial charge in [0, 0.05) is 18.8 Å². The van der Waals surface area contributed by atoms with E-state index in [1.807, 2.05) is 37.3 Å². The zero-order valence-electron chi connectivity index (χ0n) is 13.5. The molecule has 126 valence electrons. The van der Waals surface area contributed by atoms with Gasteiger partial charge in [0.1, 0.15) is 4.90 Å². The van der Waals surface area contributed by atoms with E-state index < -0.39 is 10.0 Å². The van der Waals surface area contributed by atoms with Gasteiger partial charge in [-0.3, -0.25) is 14.1 Å². The van der Waals surface area contributed by atoms with Gasteiger partial charge in [-0.1, -0.05) is 30.3 Å². The van der Waals surface area contributed by atoms with Crippen molar-refractivity contribution in [3.05, 3.63) is 60.0 Å². The number of anilines is 1. The highest BCUT2D eigenvalue weighted by Gasteiger charge is 2.21. The number of rotatable bonds is 6. The summed E-state index contributed by atoms with van der Waals surface area (Å²) in [5.74, 6) is 0.287. The van der Waals surface area contributed by atoms with Crippen LogP contribution in [0.15, 0.2) is 53.7 Å². The van der Waals surface area contributed by atoms with Crippen molar-refractivity contribution in [3.63, 3.8) is 0 Å². The second kappa shape index (κ2) is 6.48. The van der Waals surface area contributed by atoms with E-state index in [1.165, 1.54) is 6.20 Å². The molecule has 0 aliphatic heterocycles. The lowest BCUT2D eigenvalue weighted by Gasteiger charge is -2.06. The molecule has 0 bridgehead atoms. The number of nitrogens with zero attached hydrogens (tertiary/aromatic N) is 4. The van der Waals surface area contributed by atoms with Crippen molar-refractivity contribution in [3.8, 4) is 0 Å². The largest absolute Gasteiger partial charge is 0.269 e. The van der Waals surface area contributed by atoms with Gasteiger partial charge in [-0.05, 0) is 19.4 Å². The van der Waals surface area contributed by atoms with Gasteiger partial charge in [-0.15, -0.1) is 0 Å². The Labute approximate surface area is 141 Å². The summed E-state index contributed by atoms with van der Waals surface area (Å²) in [7, 11) is -3.70. The number of sulfonamides is 1. The number of nitrogens with one attached hydrogen (secondary N) is 1. The summed E-state index contributed by atoms with van der Waals surface area (Å²) in [4.78, 5) is 0.168. The van der Waals surface area contributed by atoms with Crippen LogP contribution < -0.4 is 4.72 Å². The first kappa shape index (κ1) is 16.3. The lowest BCUT2D eigenvalue weighted by Crippen LogP contribution is -2.15. The van der Waals surface area contributed by atoms with Crippen LogP contribution in [0.2, 0.25) is 0 Å². The Kier molecular flexibility index (Phi) is 4.39. The Morgan fingerprint density at radius 2 is 1.92 bits per heavy atom. The maximum atomic E-state index is 12.5. The highest BCUT2D eigenvalue weighted by atomic mass is 32.2. The summed E-state index contributed by atoms with van der Waals surface area (Å²) in [6, 6.07) is 11.5. The first-order valence-corrected chi connectivity index (χ1v) is 9.10. The average Bonchev–Trinajstić information content (AvgIpc) is 3.14. The van der Waals surface area contributed by atoms with Crippen molar-refractivity contribution in [2.75, 3.05) is 4.72 Å². The maximum absolute atomic E-state index is 12.5. The van der Waals surface area contributed by atoms with E-state index in [9.17, 15) is 8.42 Å². The Hall–Kier alpha value is -2.61. The first-order valence-electron chi connectivity index (χ1n) is 7.62. The minimum atomic E-state index is -3.70. The topological polar surface area (TPSA) is 81.8 Å². The third-order valence-electron chi connectivity index (χ3n) is 3.71. The van der Waals surface area contributed by atoms with Crippen LogP contribution in [0, 0.1) is 6.92 Å². The summed E-state index contributed by atoms with van der Waals surface area (Å²) in [5.41, 5.74) is 1.70. The molecule has 7 nitrogen and oxygen atoms in total. The van der Waals surface area contributed by atoms with E-state index in [-0.39, 0.29) is 10.7 Å². The molecule has 0 amide bonds. The Bertz CT molecular complexity index is 929. The van der Waals surface area contributed by atoms with Crippen molar-refractivity contribution in [1.82, 2.24) is 19.6 Å². The molecule has 2 heterocycles. The molecular formula is C16H19N5O2S. The zero-order chi connectivity index (χ0) is 17.2. The lowest BCUT2D eigenvalue weighted by molar-refractivity contribution is 0.598. The van der Waals surface area contributed by atoms with E-state index >= 15 is 0 Å². The van der Waals surface area contributed by atoms with Crippen LogP contribution in [0.3, 0.4) is 0 Å². The molecular weight excluding hydrogens is 326 g/mol. The van der Waals surface area contributed by atoms with E-state index in [4.69, 9.17) is 0 Å². The van der Waals surface area contributed by atoms with Crippen LogP contribution in [0.4, 0.5) is 5.82 Å². The predicted octanol–water partition coefficient (Wildman–Crippen LogP) is 2.26. The summed E-state index contributed by atoms with van der Waals surface area (Å²) in [6.07, 6.45) is 3.11. The van der Waals surface area contributed by atoms with Crippen molar-refractivity contribution >= 4 is 15.8 Å². The molecule has 0 aliphatic rings. The normalized spacial score (nSPS) is 11.6. The molecule has 2 aromatic heterocycles. The van der Waals surface area contributed by atoms with Crippen molar-refractivity contribution in [2.45, 2.75) is 31.8 Å². The zero-order valence-corrected chi connectivity index (χ0v) is 14.4. The standard InChI is InChI=1S/C16H19N5O2S/c1-3-21-13(2)15(11-17-21)24(22,23)19-16-9-10-20(18-16)12-14-7-5-4-6-8-14/h4-11H,3,12H2,1-2H3,(H,18,19). The van der Waals surface area contributed by atoms with E-state index in [0.29, 0.717) is 18.8 Å². The Morgan fingerprint density at radius 1 is 1.17 bits per heavy atom. The molecule has 0 atom stereocenters. The smallest absolute Gasteiger partial charge is 0.266 e. The van der Waals surface area contributed by atoms with Gasteiger partial charge in [0.05, 0.1) is 18.4 Å². The Morgan fingerprint density at radius 3 is 2.58 bits per heavy atom. The van der Waals surface area contributed by atoms with Crippen molar-refractivity contribution in [1.29, 1.82) is 0 Å². The summed E-state index contributed by atoms with van der Waals surface area (Å²) < 4.78 is 30.8. The third kappa shape index (κ3) is 3.33. The minimum absolute atomic E-state index is 0.168. The fourth-order valence-corrected chi connectivity index (χ4v) is 3.65. The van der Waals surface area contributed by atoms with E-state index in [0.717, 1.165) is 5.56 Å². The molecule has 0 unspecified atom stereocenters. The van der Waals surface area contributed by atoms with Gasteiger partial charge in [0.2, 0.25) is 0 Å². The molecule has 8 heteroatoms. The number of hydrogen-bond acceptors (Lipinski definition) is 4. The van der Waals surface area contributed by atoms with Crippen molar-refractivity contribution in [2.24, 2.45) is 0 Å². The summed E-state index contributed by atoms with van der Waals surface area (Å²) in [5, 5.41) is 8.35. The third-order valence-corrected chi connectivity index (χ3v) is 5.17. The molecule has 24 heavy (non-hydrogen) atoms. The molecule has 0 aliphatic carbocycles. The Balaban J connectivity index is 1.77. The second-order valence-corrected chi connectivity index (χ2v) is 7.05. The molecule has 0 saturated carbocycles. The quantitative estimate of drug-likeness (QED) is 0.743. The highest BCUT2D eigenvalue weighted by Crippen LogP contribution is 2.18. The molecule has 0 saturated heterocycles. The van der Waals surface area contributed by atoms with Crippen LogP contribution in [-0.4, -0.2) is 28.0 Å². The number of benzene rings is 1. The van der Waals surface area contributed by atoms with Crippen LogP contribution in [0.1, 0.15) is 18.2 Å². The lowest BCUT2D eigenvalue weighted by atomic mass is 10.2. The molecule has 1 N–H and O–H groups in total. The summed E-state index contributed by atoms with van der Waals surface area (Å²) >= 11 is 0. The van der Waals surface area contributed by atoms with Gasteiger partial charge in [0.15, 0.2) is 5.82 Å². The molecule has 3 rings (SSSR count). The van der Waals surface area contributed by atoms with E-state index in [2.05, 4.69) is 14.9 Å². The van der Waals surface area contributed by atoms with E-state index in [1.54, 1.807) is 28.6 Å². The van der Waals surface area contributed by atoms with Gasteiger partial charge < -0.3 is 0 Å². The van der Waals surface area contributed by atoms with Crippen LogP contribution >= 0.6 is 0 Å². The molecule has 3 aromatic rings. The van der Waals surface area contributed by atoms with Crippen LogP contribution in [0.5, 0.6) is 0 Å². The van der Waals surface area contributed by atoms with Crippen LogP contribution in [0.25, 0.3) is 0 Å². The molecule has 0 spiro atoms. The SMILES string of the molecule is CCn1ncc(S(=O)(=O)Nc2ccn(Cc3ccccc3)n2)c1C. The van der Waals surface area contributed by atoms with Crippen molar-refractivity contribution < 1.29 is 8.42 Å². The highest BCUT2D eigenvalue weighted by molar-refractivity contribution is 7.92. The molecule has 0 fully saturated rings. The summed E-state index contributed by atoms with van der Waals surface area (Å²) in [6.45, 7) is 4.84. The first-order chi connectivity index (χ1) is 11.5. The molecule has 1 aromatic carbocycles. The van der Waals surface area contributed by atoms with Gasteiger partial charge in [0.25, 0.3) is 10.0 Å². The second-order valence-electron chi connectivity index (χ2n) is 5.40. The fourth-order valence-electron chi connectivity index (χ4n) is 2.48. The molecule has 0 radical (unpaired) electrons. The maximum Gasteiger partial charge on any atom is 0.266 e. The number of aryl methyl sites for hydroxylation is 1. The average molecular weight is 345 g/mol. The van der Waals surface area contributed by atoms with Crippen LogP contribution in [-0.2, 0) is 23.1 Å². The number of aromatic nitrogens is 4. The fraction of sp³-hybridized carbons (Fsp3) is 0.250. The monoisotopic (exact) mass is 345 g/mol. The van der Waals surface area contributed by atoms with Gasteiger partial charge >= 0.3 is 0 Å². The minimum Gasteiger partial charge on any atom is -0.269 e. The van der Waals surface area contributed by atoms with Gasteiger partial charge in [-0.25, -0.2) is 8.42 Å².